The standard InChI is InChI=1S/C16H10Cl2N2O5S.C2H6/c1-20(16(24)19-7-2-3-9(17)10(18)4-7)13-6-11-12(26-13)5-8(14(21)22)15(23)25-11;1-2/h2-6H,1H3,(H,19,24)(H,21,22);1-2H3. The number of rotatable bonds is 3. The highest BCUT2D eigenvalue weighted by molar-refractivity contribution is 7.22. The van der Waals surface area contributed by atoms with Crippen LogP contribution < -0.4 is 15.8 Å². The van der Waals surface area contributed by atoms with E-state index in [0.717, 1.165) is 11.3 Å². The molecule has 28 heavy (non-hydrogen) atoms. The summed E-state index contributed by atoms with van der Waals surface area (Å²) in [5.74, 6) is -1.37. The van der Waals surface area contributed by atoms with Crippen molar-refractivity contribution in [1.82, 2.24) is 0 Å². The Hall–Kier alpha value is -2.55. The first-order valence-electron chi connectivity index (χ1n) is 8.07. The van der Waals surface area contributed by atoms with E-state index in [0.29, 0.717) is 25.4 Å². The van der Waals surface area contributed by atoms with Crippen LogP contribution in [0.3, 0.4) is 0 Å². The van der Waals surface area contributed by atoms with Gasteiger partial charge in [-0.3, -0.25) is 4.90 Å². The van der Waals surface area contributed by atoms with Crippen molar-refractivity contribution in [2.75, 3.05) is 17.3 Å². The third-order valence-electron chi connectivity index (χ3n) is 3.45. The molecule has 0 fully saturated rings. The van der Waals surface area contributed by atoms with E-state index in [1.165, 1.54) is 30.1 Å². The van der Waals surface area contributed by atoms with Crippen LogP contribution >= 0.6 is 34.5 Å². The van der Waals surface area contributed by atoms with Crippen LogP contribution in [0.5, 0.6) is 0 Å². The molecule has 0 aliphatic heterocycles. The largest absolute Gasteiger partial charge is 0.477 e. The number of carbonyl (C=O) groups is 2. The fraction of sp³-hybridized carbons (Fsp3) is 0.167. The molecule has 0 spiro atoms. The Morgan fingerprint density at radius 2 is 1.82 bits per heavy atom. The molecule has 148 valence electrons. The Labute approximate surface area is 174 Å². The molecule has 0 unspecified atom stereocenters. The lowest BCUT2D eigenvalue weighted by Crippen LogP contribution is -2.30. The van der Waals surface area contributed by atoms with Gasteiger partial charge in [0, 0.05) is 18.8 Å². The zero-order chi connectivity index (χ0) is 21.0. The van der Waals surface area contributed by atoms with Crippen molar-refractivity contribution in [3.8, 4) is 0 Å². The van der Waals surface area contributed by atoms with E-state index in [9.17, 15) is 14.4 Å². The molecule has 0 radical (unpaired) electrons. The Morgan fingerprint density at radius 1 is 1.14 bits per heavy atom. The Morgan fingerprint density at radius 3 is 2.43 bits per heavy atom. The molecule has 3 aromatic rings. The lowest BCUT2D eigenvalue weighted by Gasteiger charge is -2.16. The van der Waals surface area contributed by atoms with Crippen LogP contribution in [0, 0.1) is 0 Å². The number of hydrogen-bond donors (Lipinski definition) is 2. The molecule has 0 saturated heterocycles. The summed E-state index contributed by atoms with van der Waals surface area (Å²) in [6, 6.07) is 6.92. The molecular weight excluding hydrogens is 427 g/mol. The molecule has 0 atom stereocenters. The number of halogens is 2. The second kappa shape index (κ2) is 9.09. The van der Waals surface area contributed by atoms with Crippen molar-refractivity contribution in [3.05, 3.63) is 56.4 Å². The van der Waals surface area contributed by atoms with E-state index < -0.39 is 23.2 Å². The van der Waals surface area contributed by atoms with E-state index in [2.05, 4.69) is 5.32 Å². The lowest BCUT2D eigenvalue weighted by atomic mass is 10.3. The summed E-state index contributed by atoms with van der Waals surface area (Å²) in [5, 5.41) is 12.8. The Kier molecular flexibility index (Phi) is 7.06. The number of hydrogen-bond acceptors (Lipinski definition) is 5. The van der Waals surface area contributed by atoms with Crippen molar-refractivity contribution in [2.45, 2.75) is 13.8 Å². The smallest absolute Gasteiger partial charge is 0.351 e. The average molecular weight is 443 g/mol. The third kappa shape index (κ3) is 4.64. The zero-order valence-electron chi connectivity index (χ0n) is 15.1. The molecule has 10 heteroatoms. The molecule has 2 aromatic heterocycles. The number of aromatic carboxylic acids is 1. The van der Waals surface area contributed by atoms with Crippen LogP contribution in [0.1, 0.15) is 24.2 Å². The minimum absolute atomic E-state index is 0.203. The molecule has 2 heterocycles. The van der Waals surface area contributed by atoms with Gasteiger partial charge in [-0.25, -0.2) is 14.4 Å². The topological polar surface area (TPSA) is 99.9 Å². The molecule has 2 amide bonds. The number of fused-ring (bicyclic) bond motifs is 1. The summed E-state index contributed by atoms with van der Waals surface area (Å²) in [6.07, 6.45) is 0. The minimum Gasteiger partial charge on any atom is -0.477 e. The van der Waals surface area contributed by atoms with Gasteiger partial charge in [-0.15, -0.1) is 11.3 Å². The van der Waals surface area contributed by atoms with Crippen molar-refractivity contribution in [2.24, 2.45) is 0 Å². The second-order valence-electron chi connectivity index (χ2n) is 5.18. The molecule has 3 rings (SSSR count). The first-order valence-corrected chi connectivity index (χ1v) is 9.64. The van der Waals surface area contributed by atoms with Gasteiger partial charge in [0.25, 0.3) is 0 Å². The monoisotopic (exact) mass is 442 g/mol. The molecule has 0 aliphatic carbocycles. The average Bonchev–Trinajstić information content (AvgIpc) is 3.07. The summed E-state index contributed by atoms with van der Waals surface area (Å²) in [7, 11) is 1.52. The maximum atomic E-state index is 12.4. The van der Waals surface area contributed by atoms with Crippen molar-refractivity contribution >= 4 is 67.5 Å². The van der Waals surface area contributed by atoms with Gasteiger partial charge in [0.2, 0.25) is 0 Å². The fourth-order valence-electron chi connectivity index (χ4n) is 2.10. The number of urea groups is 1. The van der Waals surface area contributed by atoms with Crippen LogP contribution in [0.2, 0.25) is 10.0 Å². The predicted octanol–water partition coefficient (Wildman–Crippen LogP) is 5.55. The number of carboxylic acid groups (broad SMARTS) is 1. The maximum Gasteiger partial charge on any atom is 0.351 e. The zero-order valence-corrected chi connectivity index (χ0v) is 17.4. The van der Waals surface area contributed by atoms with Crippen LogP contribution in [0.4, 0.5) is 15.5 Å². The summed E-state index contributed by atoms with van der Waals surface area (Å²) in [6.45, 7) is 4.00. The van der Waals surface area contributed by atoms with Gasteiger partial charge in [0.05, 0.1) is 14.7 Å². The molecule has 7 nitrogen and oxygen atoms in total. The summed E-state index contributed by atoms with van der Waals surface area (Å²) in [5.41, 5.74) is -0.752. The van der Waals surface area contributed by atoms with E-state index in [1.807, 2.05) is 13.8 Å². The summed E-state index contributed by atoms with van der Waals surface area (Å²) < 4.78 is 5.43. The first-order chi connectivity index (χ1) is 13.3. The number of carbonyl (C=O) groups excluding carboxylic acids is 1. The van der Waals surface area contributed by atoms with Gasteiger partial charge >= 0.3 is 17.6 Å². The van der Waals surface area contributed by atoms with Crippen molar-refractivity contribution in [3.63, 3.8) is 0 Å². The number of anilines is 2. The van der Waals surface area contributed by atoms with E-state index in [4.69, 9.17) is 32.7 Å². The van der Waals surface area contributed by atoms with Crippen molar-refractivity contribution < 1.29 is 19.1 Å². The van der Waals surface area contributed by atoms with E-state index in [1.54, 1.807) is 12.1 Å². The molecule has 2 N–H and O–H groups in total. The first kappa shape index (κ1) is 21.7. The van der Waals surface area contributed by atoms with Gasteiger partial charge < -0.3 is 14.8 Å². The predicted molar refractivity (Wildman–Crippen MR) is 113 cm³/mol. The SMILES string of the molecule is CC.CN(C(=O)Nc1ccc(Cl)c(Cl)c1)c1cc2oc(=O)c(C(=O)O)cc2s1. The maximum absolute atomic E-state index is 12.4. The number of thiophene rings is 1. The molecule has 1 aromatic carbocycles. The van der Waals surface area contributed by atoms with Gasteiger partial charge in [-0.05, 0) is 24.3 Å². The van der Waals surface area contributed by atoms with E-state index >= 15 is 0 Å². The summed E-state index contributed by atoms with van der Waals surface area (Å²) in [4.78, 5) is 36.3. The second-order valence-corrected chi connectivity index (χ2v) is 7.06. The van der Waals surface area contributed by atoms with Crippen LogP contribution in [0.15, 0.2) is 39.5 Å². The number of amides is 2. The summed E-state index contributed by atoms with van der Waals surface area (Å²) >= 11 is 12.9. The number of carboxylic acids is 1. The van der Waals surface area contributed by atoms with E-state index in [-0.39, 0.29) is 5.58 Å². The number of nitrogens with one attached hydrogen (secondary N) is 1. The Bertz CT molecular complexity index is 1090. The molecule has 0 bridgehead atoms. The van der Waals surface area contributed by atoms with Gasteiger partial charge in [-0.2, -0.15) is 0 Å². The number of benzene rings is 1. The quantitative estimate of drug-likeness (QED) is 0.553. The lowest BCUT2D eigenvalue weighted by molar-refractivity contribution is 0.0692. The van der Waals surface area contributed by atoms with Crippen molar-refractivity contribution in [1.29, 1.82) is 0 Å². The van der Waals surface area contributed by atoms with Crippen LogP contribution in [-0.4, -0.2) is 24.2 Å². The highest BCUT2D eigenvalue weighted by Gasteiger charge is 2.18. The van der Waals surface area contributed by atoms with Gasteiger partial charge in [0.1, 0.15) is 10.6 Å². The number of nitrogens with zero attached hydrogens (tertiary/aromatic N) is 1. The highest BCUT2D eigenvalue weighted by Crippen LogP contribution is 2.32. The fourth-order valence-corrected chi connectivity index (χ4v) is 3.38. The molecule has 0 saturated carbocycles. The molecular formula is C18H16Cl2N2O5S. The normalized spacial score (nSPS) is 10.2. The van der Waals surface area contributed by atoms with Gasteiger partial charge in [-0.1, -0.05) is 37.0 Å². The molecule has 0 aliphatic rings. The van der Waals surface area contributed by atoms with Crippen LogP contribution in [-0.2, 0) is 0 Å². The third-order valence-corrected chi connectivity index (χ3v) is 5.33. The Balaban J connectivity index is 0.00000136. The van der Waals surface area contributed by atoms with Crippen LogP contribution in [0.25, 0.3) is 10.3 Å². The highest BCUT2D eigenvalue weighted by atomic mass is 35.5. The minimum atomic E-state index is -1.37. The van der Waals surface area contributed by atoms with Gasteiger partial charge in [0.15, 0.2) is 5.58 Å².